The number of nitriles is 1. The number of carbonyl (C=O) groups excluding carboxylic acids is 1. The van der Waals surface area contributed by atoms with E-state index in [1.165, 1.54) is 0 Å². The Labute approximate surface area is 101 Å². The van der Waals surface area contributed by atoms with E-state index in [9.17, 15) is 15.2 Å². The van der Waals surface area contributed by atoms with Crippen LogP contribution in [0.2, 0.25) is 0 Å². The van der Waals surface area contributed by atoms with E-state index >= 15 is 0 Å². The molecule has 2 fully saturated rings. The van der Waals surface area contributed by atoms with E-state index in [-0.39, 0.29) is 5.91 Å². The van der Waals surface area contributed by atoms with E-state index in [0.717, 1.165) is 12.8 Å². The van der Waals surface area contributed by atoms with Crippen LogP contribution in [0.5, 0.6) is 0 Å². The zero-order chi connectivity index (χ0) is 12.3. The number of rotatable bonds is 1. The van der Waals surface area contributed by atoms with Crippen molar-refractivity contribution in [2.45, 2.75) is 31.8 Å². The van der Waals surface area contributed by atoms with Gasteiger partial charge < -0.3 is 14.7 Å². The van der Waals surface area contributed by atoms with Gasteiger partial charge in [-0.05, 0) is 25.7 Å². The van der Waals surface area contributed by atoms with E-state index in [4.69, 9.17) is 4.74 Å². The Morgan fingerprint density at radius 3 is 2.76 bits per heavy atom. The Morgan fingerprint density at radius 1 is 1.47 bits per heavy atom. The van der Waals surface area contributed by atoms with Crippen LogP contribution in [0.4, 0.5) is 0 Å². The number of aliphatic hydroxyl groups excluding tert-OH is 1. The fourth-order valence-corrected chi connectivity index (χ4v) is 2.54. The molecule has 0 aliphatic carbocycles. The van der Waals surface area contributed by atoms with Crippen LogP contribution in [-0.4, -0.2) is 48.3 Å². The second kappa shape index (κ2) is 5.03. The Bertz CT molecular complexity index is 331. The second-order valence-electron chi connectivity index (χ2n) is 4.85. The van der Waals surface area contributed by atoms with Crippen molar-refractivity contribution in [1.29, 1.82) is 5.26 Å². The summed E-state index contributed by atoms with van der Waals surface area (Å²) in [6.07, 6.45) is 2.05. The minimum absolute atomic E-state index is 0.123. The zero-order valence-corrected chi connectivity index (χ0v) is 9.89. The fraction of sp³-hybridized carbons (Fsp3) is 0.833. The number of piperidine rings is 1. The van der Waals surface area contributed by atoms with Crippen molar-refractivity contribution in [1.82, 2.24) is 4.90 Å². The third-order valence-corrected chi connectivity index (χ3v) is 3.65. The molecule has 17 heavy (non-hydrogen) atoms. The van der Waals surface area contributed by atoms with Crippen LogP contribution < -0.4 is 0 Å². The van der Waals surface area contributed by atoms with Crippen LogP contribution in [0.25, 0.3) is 0 Å². The van der Waals surface area contributed by atoms with Gasteiger partial charge in [0.15, 0.2) is 0 Å². The molecule has 0 spiro atoms. The number of amides is 1. The highest BCUT2D eigenvalue weighted by atomic mass is 16.5. The van der Waals surface area contributed by atoms with Crippen LogP contribution >= 0.6 is 0 Å². The SMILES string of the molecule is N#CC1(C(=O)N2CCCC(O)C2)CCOCC1. The molecule has 0 radical (unpaired) electrons. The molecule has 0 aromatic heterocycles. The molecule has 94 valence electrons. The Hall–Kier alpha value is -1.12. The molecule has 1 amide bonds. The quantitative estimate of drug-likeness (QED) is 0.712. The molecule has 0 bridgehead atoms. The van der Waals surface area contributed by atoms with Crippen LogP contribution in [0, 0.1) is 16.7 Å². The third-order valence-electron chi connectivity index (χ3n) is 3.65. The highest BCUT2D eigenvalue weighted by molar-refractivity contribution is 5.85. The number of β-amino-alcohol motifs (C(OH)–C–C–N with tert-alkyl or cyclic N) is 1. The maximum atomic E-state index is 12.4. The molecule has 2 aliphatic rings. The Morgan fingerprint density at radius 2 is 2.18 bits per heavy atom. The number of nitrogens with zero attached hydrogens (tertiary/aromatic N) is 2. The smallest absolute Gasteiger partial charge is 0.243 e. The Balaban J connectivity index is 2.09. The lowest BCUT2D eigenvalue weighted by Crippen LogP contribution is -2.50. The van der Waals surface area contributed by atoms with E-state index in [2.05, 4.69) is 6.07 Å². The van der Waals surface area contributed by atoms with Crippen LogP contribution in [-0.2, 0) is 9.53 Å². The average molecular weight is 238 g/mol. The summed E-state index contributed by atoms with van der Waals surface area (Å²) in [5.41, 5.74) is -0.921. The molecule has 1 N–H and O–H groups in total. The lowest BCUT2D eigenvalue weighted by molar-refractivity contribution is -0.146. The lowest BCUT2D eigenvalue weighted by atomic mass is 9.80. The van der Waals surface area contributed by atoms with Crippen molar-refractivity contribution >= 4 is 5.91 Å². The molecular formula is C12H18N2O3. The summed E-state index contributed by atoms with van der Waals surface area (Å²) in [6, 6.07) is 2.18. The van der Waals surface area contributed by atoms with Crippen molar-refractivity contribution in [3.05, 3.63) is 0 Å². The zero-order valence-electron chi connectivity index (χ0n) is 9.89. The first-order valence-electron chi connectivity index (χ1n) is 6.14. The highest BCUT2D eigenvalue weighted by Gasteiger charge is 2.43. The van der Waals surface area contributed by atoms with Gasteiger partial charge in [0.05, 0.1) is 12.2 Å². The topological polar surface area (TPSA) is 73.6 Å². The minimum Gasteiger partial charge on any atom is -0.391 e. The van der Waals surface area contributed by atoms with Crippen molar-refractivity contribution < 1.29 is 14.6 Å². The summed E-state index contributed by atoms with van der Waals surface area (Å²) in [6.45, 7) is 1.95. The molecule has 0 aromatic rings. The number of ether oxygens (including phenoxy) is 1. The molecule has 0 aromatic carbocycles. The van der Waals surface area contributed by atoms with Gasteiger partial charge in [-0.2, -0.15) is 5.26 Å². The van der Waals surface area contributed by atoms with Gasteiger partial charge in [-0.1, -0.05) is 0 Å². The first kappa shape index (κ1) is 12.3. The molecule has 1 atom stereocenters. The normalized spacial score (nSPS) is 28.5. The summed E-state index contributed by atoms with van der Waals surface area (Å²) in [5, 5.41) is 18.9. The summed E-state index contributed by atoms with van der Waals surface area (Å²) in [4.78, 5) is 14.0. The van der Waals surface area contributed by atoms with Gasteiger partial charge >= 0.3 is 0 Å². The van der Waals surface area contributed by atoms with Gasteiger partial charge in [0.25, 0.3) is 0 Å². The number of likely N-dealkylation sites (tertiary alicyclic amines) is 1. The maximum absolute atomic E-state index is 12.4. The van der Waals surface area contributed by atoms with Crippen molar-refractivity contribution in [3.63, 3.8) is 0 Å². The summed E-state index contributed by atoms with van der Waals surface area (Å²) < 4.78 is 5.21. The number of carbonyl (C=O) groups is 1. The number of aliphatic hydroxyl groups is 1. The predicted octanol–water partition coefficient (Wildman–Crippen LogP) is 0.290. The van der Waals surface area contributed by atoms with Crippen molar-refractivity contribution in [3.8, 4) is 6.07 Å². The summed E-state index contributed by atoms with van der Waals surface area (Å²) in [7, 11) is 0. The second-order valence-corrected chi connectivity index (χ2v) is 4.85. The molecule has 1 unspecified atom stereocenters. The molecule has 2 aliphatic heterocycles. The maximum Gasteiger partial charge on any atom is 0.243 e. The van der Waals surface area contributed by atoms with Gasteiger partial charge in [-0.15, -0.1) is 0 Å². The molecule has 0 saturated carbocycles. The van der Waals surface area contributed by atoms with E-state index < -0.39 is 11.5 Å². The first-order valence-corrected chi connectivity index (χ1v) is 6.14. The largest absolute Gasteiger partial charge is 0.391 e. The van der Waals surface area contributed by atoms with E-state index in [1.807, 2.05) is 0 Å². The summed E-state index contributed by atoms with van der Waals surface area (Å²) >= 11 is 0. The standard InChI is InChI=1S/C12H18N2O3/c13-9-12(3-6-17-7-4-12)11(16)14-5-1-2-10(15)8-14/h10,15H,1-8H2. The van der Waals surface area contributed by atoms with Gasteiger partial charge in [0, 0.05) is 26.3 Å². The highest BCUT2D eigenvalue weighted by Crippen LogP contribution is 2.32. The lowest BCUT2D eigenvalue weighted by Gasteiger charge is -2.37. The third kappa shape index (κ3) is 2.43. The minimum atomic E-state index is -0.921. The van der Waals surface area contributed by atoms with Gasteiger partial charge in [-0.25, -0.2) is 0 Å². The van der Waals surface area contributed by atoms with Crippen molar-refractivity contribution in [2.24, 2.45) is 5.41 Å². The Kier molecular flexibility index (Phi) is 3.65. The number of hydrogen-bond donors (Lipinski definition) is 1. The van der Waals surface area contributed by atoms with Crippen LogP contribution in [0.15, 0.2) is 0 Å². The molecule has 2 saturated heterocycles. The van der Waals surface area contributed by atoms with Crippen LogP contribution in [0.1, 0.15) is 25.7 Å². The predicted molar refractivity (Wildman–Crippen MR) is 59.9 cm³/mol. The van der Waals surface area contributed by atoms with Gasteiger partial charge in [0.1, 0.15) is 5.41 Å². The first-order chi connectivity index (χ1) is 8.18. The molecule has 2 rings (SSSR count). The van der Waals surface area contributed by atoms with Crippen LogP contribution in [0.3, 0.4) is 0 Å². The molecule has 5 heteroatoms. The van der Waals surface area contributed by atoms with Crippen molar-refractivity contribution in [2.75, 3.05) is 26.3 Å². The van der Waals surface area contributed by atoms with Gasteiger partial charge in [0.2, 0.25) is 5.91 Å². The fourth-order valence-electron chi connectivity index (χ4n) is 2.54. The monoisotopic (exact) mass is 238 g/mol. The molecular weight excluding hydrogens is 220 g/mol. The molecule has 5 nitrogen and oxygen atoms in total. The van der Waals surface area contributed by atoms with E-state index in [0.29, 0.717) is 39.1 Å². The van der Waals surface area contributed by atoms with E-state index in [1.54, 1.807) is 4.90 Å². The number of hydrogen-bond acceptors (Lipinski definition) is 4. The summed E-state index contributed by atoms with van der Waals surface area (Å²) in [5.74, 6) is -0.123. The molecule has 2 heterocycles. The van der Waals surface area contributed by atoms with Gasteiger partial charge in [-0.3, -0.25) is 4.79 Å². The average Bonchev–Trinajstić information content (AvgIpc) is 2.38.